The predicted molar refractivity (Wildman–Crippen MR) is 259 cm³/mol. The van der Waals surface area contributed by atoms with Crippen molar-refractivity contribution in [2.24, 2.45) is 0 Å². The molecule has 8 aromatic carbocycles. The fraction of sp³-hybridized carbons (Fsp3) is 0.115. The number of benzene rings is 8. The van der Waals surface area contributed by atoms with Gasteiger partial charge in [0.1, 0.15) is 0 Å². The van der Waals surface area contributed by atoms with Crippen LogP contribution in [0.25, 0.3) is 50.1 Å². The van der Waals surface area contributed by atoms with Crippen molar-refractivity contribution in [1.82, 2.24) is 0 Å². The van der Waals surface area contributed by atoms with E-state index < -0.39 is 5.41 Å². The Labute approximate surface area is 365 Å². The van der Waals surface area contributed by atoms with Crippen LogP contribution in [0.3, 0.4) is 0 Å². The van der Waals surface area contributed by atoms with Crippen LogP contribution in [0.15, 0.2) is 194 Å². The molecule has 0 aromatic heterocycles. The minimum Gasteiger partial charge on any atom is -0.310 e. The average molecular weight is 792 g/mol. The molecule has 1 atom stereocenters. The lowest BCUT2D eigenvalue weighted by Crippen LogP contribution is -2.28. The quantitative estimate of drug-likeness (QED) is 0.157. The highest BCUT2D eigenvalue weighted by Crippen LogP contribution is 2.65. The molecule has 294 valence electrons. The van der Waals surface area contributed by atoms with Gasteiger partial charge in [0.25, 0.3) is 0 Å². The molecule has 0 saturated heterocycles. The summed E-state index contributed by atoms with van der Waals surface area (Å²) in [6, 6.07) is 66.1. The second-order valence-electron chi connectivity index (χ2n) is 18.0. The van der Waals surface area contributed by atoms with E-state index in [1.165, 1.54) is 100 Å². The lowest BCUT2D eigenvalue weighted by atomic mass is 9.66. The second-order valence-corrected chi connectivity index (χ2v) is 18.0. The molecule has 1 nitrogen and oxygen atoms in total. The molecule has 1 spiro atoms. The molecule has 0 radical (unpaired) electrons. The van der Waals surface area contributed by atoms with Crippen molar-refractivity contribution in [2.75, 3.05) is 4.90 Å². The Kier molecular flexibility index (Phi) is 7.97. The Hall–Kier alpha value is -7.40. The molecule has 62 heavy (non-hydrogen) atoms. The number of aryl methyl sites for hydroxylation is 2. The van der Waals surface area contributed by atoms with Crippen molar-refractivity contribution < 1.29 is 0 Å². The van der Waals surface area contributed by atoms with E-state index in [-0.39, 0.29) is 5.41 Å². The number of hydrogen-bond donors (Lipinski definition) is 0. The third-order valence-electron chi connectivity index (χ3n) is 14.1. The molecule has 0 saturated carbocycles. The molecule has 0 fully saturated rings. The van der Waals surface area contributed by atoms with Crippen molar-refractivity contribution in [2.45, 2.75) is 44.9 Å². The van der Waals surface area contributed by atoms with Gasteiger partial charge in [0.2, 0.25) is 0 Å². The van der Waals surface area contributed by atoms with Crippen molar-refractivity contribution in [3.8, 4) is 56.3 Å². The van der Waals surface area contributed by atoms with E-state index in [1.807, 2.05) is 6.08 Å². The number of anilines is 3. The van der Waals surface area contributed by atoms with Gasteiger partial charge in [-0.25, -0.2) is 0 Å². The largest absolute Gasteiger partial charge is 0.310 e. The van der Waals surface area contributed by atoms with Crippen LogP contribution in [0.2, 0.25) is 0 Å². The fourth-order valence-corrected chi connectivity index (χ4v) is 11.3. The maximum Gasteiger partial charge on any atom is 0.0704 e. The molecular weight excluding hydrogens is 747 g/mol. The van der Waals surface area contributed by atoms with E-state index in [0.29, 0.717) is 6.42 Å². The van der Waals surface area contributed by atoms with Crippen molar-refractivity contribution >= 4 is 22.6 Å². The molecule has 1 heteroatoms. The third kappa shape index (κ3) is 5.17. The van der Waals surface area contributed by atoms with Gasteiger partial charge in [0.05, 0.1) is 5.41 Å². The zero-order chi connectivity index (χ0) is 41.7. The van der Waals surface area contributed by atoms with Gasteiger partial charge in [-0.1, -0.05) is 176 Å². The van der Waals surface area contributed by atoms with E-state index in [9.17, 15) is 0 Å². The van der Waals surface area contributed by atoms with Crippen LogP contribution in [0.1, 0.15) is 64.8 Å². The third-order valence-corrected chi connectivity index (χ3v) is 14.1. The predicted octanol–water partition coefficient (Wildman–Crippen LogP) is 15.5. The molecule has 0 heterocycles. The summed E-state index contributed by atoms with van der Waals surface area (Å²) in [5.74, 6) is 6.90. The highest BCUT2D eigenvalue weighted by molar-refractivity contribution is 6.01. The summed E-state index contributed by atoms with van der Waals surface area (Å²) in [6.07, 6.45) is 5.03. The van der Waals surface area contributed by atoms with Crippen LogP contribution in [-0.2, 0) is 10.8 Å². The fourth-order valence-electron chi connectivity index (χ4n) is 11.3. The maximum absolute atomic E-state index is 3.56. The standard InChI is InChI=1S/C61H45N/c1-39-25-32-51-49-19-9-6-10-24-55(49)61(57(51)35-39)58-36-40(2)26-33-52(58)53-22-14-21-47(59(53)61)43-17-13-18-45(37-43)62(44-29-27-42(28-30-44)41-15-7-5-8-16-41)46-31-34-50-48-20-11-12-23-54(48)60(3,4)56(50)38-46/h5,7-9,11-23,25-38H,24H2,1-4H3. The van der Waals surface area contributed by atoms with E-state index in [2.05, 4.69) is 226 Å². The summed E-state index contributed by atoms with van der Waals surface area (Å²) in [7, 11) is 0. The van der Waals surface area contributed by atoms with Gasteiger partial charge < -0.3 is 4.90 Å². The van der Waals surface area contributed by atoms with Crippen molar-refractivity contribution in [3.63, 3.8) is 0 Å². The Morgan fingerprint density at radius 3 is 1.87 bits per heavy atom. The summed E-state index contributed by atoms with van der Waals surface area (Å²) in [6.45, 7) is 9.20. The molecule has 0 aliphatic heterocycles. The van der Waals surface area contributed by atoms with E-state index in [0.717, 1.165) is 17.1 Å². The lowest BCUT2D eigenvalue weighted by Gasteiger charge is -2.34. The maximum atomic E-state index is 3.56. The zero-order valence-electron chi connectivity index (χ0n) is 35.6. The summed E-state index contributed by atoms with van der Waals surface area (Å²) in [4.78, 5) is 2.45. The number of allylic oxidation sites excluding steroid dienone is 4. The first kappa shape index (κ1) is 36.5. The summed E-state index contributed by atoms with van der Waals surface area (Å²) in [5, 5.41) is 0. The van der Waals surface area contributed by atoms with Crippen LogP contribution < -0.4 is 4.90 Å². The van der Waals surface area contributed by atoms with Gasteiger partial charge in [0, 0.05) is 28.9 Å². The first-order chi connectivity index (χ1) is 30.3. The van der Waals surface area contributed by atoms with E-state index in [4.69, 9.17) is 0 Å². The minimum atomic E-state index is -0.475. The van der Waals surface area contributed by atoms with Gasteiger partial charge >= 0.3 is 0 Å². The topological polar surface area (TPSA) is 3.24 Å². The molecular formula is C61H45N. The molecule has 0 N–H and O–H groups in total. The average Bonchev–Trinajstić information content (AvgIpc) is 3.71. The molecule has 8 aromatic rings. The molecule has 0 bridgehead atoms. The van der Waals surface area contributed by atoms with Crippen LogP contribution in [0.4, 0.5) is 17.1 Å². The second kappa shape index (κ2) is 13.6. The number of nitrogens with zero attached hydrogens (tertiary/aromatic N) is 1. The van der Waals surface area contributed by atoms with Gasteiger partial charge in [-0.3, -0.25) is 0 Å². The van der Waals surface area contributed by atoms with Crippen molar-refractivity contribution in [3.05, 3.63) is 238 Å². The Morgan fingerprint density at radius 1 is 0.452 bits per heavy atom. The molecule has 4 aliphatic carbocycles. The normalized spacial score (nSPS) is 16.7. The van der Waals surface area contributed by atoms with Gasteiger partial charge in [0.15, 0.2) is 0 Å². The number of hydrogen-bond acceptors (Lipinski definition) is 1. The van der Waals surface area contributed by atoms with E-state index >= 15 is 0 Å². The van der Waals surface area contributed by atoms with Crippen molar-refractivity contribution in [1.29, 1.82) is 0 Å². The lowest BCUT2D eigenvalue weighted by molar-refractivity contribution is 0.660. The first-order valence-electron chi connectivity index (χ1n) is 21.9. The SMILES string of the molecule is Cc1ccc2c(c1)C1(C3=C2C=CC#CC3)c2cc(C)ccc2-c2cccc(-c3cccc(N(c4ccc(-c5ccccc5)cc4)c4ccc5c(c4)C(C)(C)c4ccccc4-5)c3)c21. The van der Waals surface area contributed by atoms with E-state index in [1.54, 1.807) is 0 Å². The zero-order valence-corrected chi connectivity index (χ0v) is 35.6. The summed E-state index contributed by atoms with van der Waals surface area (Å²) < 4.78 is 0. The van der Waals surface area contributed by atoms with Gasteiger partial charge in [-0.2, -0.15) is 0 Å². The van der Waals surface area contributed by atoms with Gasteiger partial charge in [-0.15, -0.1) is 0 Å². The first-order valence-corrected chi connectivity index (χ1v) is 21.9. The number of rotatable bonds is 5. The number of fused-ring (bicyclic) bond motifs is 12. The van der Waals surface area contributed by atoms with Gasteiger partial charge in [-0.05, 0) is 151 Å². The highest BCUT2D eigenvalue weighted by Gasteiger charge is 2.53. The molecule has 1 unspecified atom stereocenters. The summed E-state index contributed by atoms with van der Waals surface area (Å²) in [5.41, 5.74) is 26.3. The van der Waals surface area contributed by atoms with Crippen LogP contribution in [0.5, 0.6) is 0 Å². The highest BCUT2D eigenvalue weighted by atomic mass is 15.1. The monoisotopic (exact) mass is 791 g/mol. The van der Waals surface area contributed by atoms with Crippen LogP contribution >= 0.6 is 0 Å². The molecule has 4 aliphatic rings. The Bertz CT molecular complexity index is 3310. The molecule has 0 amide bonds. The molecule has 12 rings (SSSR count). The minimum absolute atomic E-state index is 0.125. The Balaban J connectivity index is 1.08. The van der Waals surface area contributed by atoms with Crippen LogP contribution in [0, 0.1) is 25.7 Å². The van der Waals surface area contributed by atoms with Crippen LogP contribution in [-0.4, -0.2) is 0 Å². The smallest absolute Gasteiger partial charge is 0.0704 e. The summed E-state index contributed by atoms with van der Waals surface area (Å²) >= 11 is 0. The Morgan fingerprint density at radius 2 is 1.05 bits per heavy atom.